The van der Waals surface area contributed by atoms with Crippen molar-refractivity contribution in [3.63, 3.8) is 0 Å². The minimum atomic E-state index is 0.994. The highest BCUT2D eigenvalue weighted by Gasteiger charge is 2.12. The van der Waals surface area contributed by atoms with Crippen molar-refractivity contribution in [1.29, 1.82) is 0 Å². The molecule has 4 heteroatoms. The lowest BCUT2D eigenvalue weighted by Crippen LogP contribution is -1.89. The van der Waals surface area contributed by atoms with Crippen molar-refractivity contribution < 1.29 is 0 Å². The van der Waals surface area contributed by atoms with Crippen molar-refractivity contribution in [3.05, 3.63) is 207 Å². The fourth-order valence-corrected chi connectivity index (χ4v) is 7.72. The minimum Gasteiger partial charge on any atom is -0.244 e. The zero-order valence-corrected chi connectivity index (χ0v) is 30.4. The number of rotatable bonds is 7. The normalized spacial score (nSPS) is 11.2. The molecule has 0 saturated carbocycles. The van der Waals surface area contributed by atoms with E-state index >= 15 is 0 Å². The molecule has 0 N–H and O–H groups in total. The largest absolute Gasteiger partial charge is 0.244 e. The lowest BCUT2D eigenvalue weighted by molar-refractivity contribution is 1.17. The van der Waals surface area contributed by atoms with Crippen molar-refractivity contribution >= 4 is 21.5 Å². The van der Waals surface area contributed by atoms with Gasteiger partial charge < -0.3 is 0 Å². The molecule has 10 rings (SSSR count). The first-order chi connectivity index (χ1) is 27.7. The summed E-state index contributed by atoms with van der Waals surface area (Å²) in [5.74, 6) is 0. The van der Waals surface area contributed by atoms with Gasteiger partial charge in [0.1, 0.15) is 12.7 Å². The number of fused-ring (bicyclic) bond motifs is 3. The monoisotopic (exact) mass is 714 g/mol. The molecule has 0 saturated heterocycles. The van der Waals surface area contributed by atoms with Crippen LogP contribution in [0, 0.1) is 0 Å². The van der Waals surface area contributed by atoms with Crippen molar-refractivity contribution in [3.8, 4) is 77.9 Å². The van der Waals surface area contributed by atoms with Gasteiger partial charge >= 0.3 is 0 Å². The third-order valence-electron chi connectivity index (χ3n) is 10.6. The van der Waals surface area contributed by atoms with Crippen LogP contribution in [0.3, 0.4) is 0 Å². The number of nitrogens with zero attached hydrogens (tertiary/aromatic N) is 4. The zero-order valence-electron chi connectivity index (χ0n) is 30.4. The number of benzene rings is 8. The Labute approximate surface area is 325 Å². The molecule has 262 valence electrons. The Balaban J connectivity index is 1.11. The summed E-state index contributed by atoms with van der Waals surface area (Å²) in [6.45, 7) is 0. The Hall–Kier alpha value is -7.56. The van der Waals surface area contributed by atoms with Crippen LogP contribution in [0.5, 0.6) is 0 Å². The maximum absolute atomic E-state index is 4.24. The molecule has 0 aliphatic rings. The van der Waals surface area contributed by atoms with Gasteiger partial charge in [0.15, 0.2) is 0 Å². The molecule has 10 aromatic rings. The van der Waals surface area contributed by atoms with Crippen molar-refractivity contribution in [1.82, 2.24) is 19.9 Å². The lowest BCUT2D eigenvalue weighted by Gasteiger charge is -2.14. The van der Waals surface area contributed by atoms with Crippen LogP contribution in [0.4, 0.5) is 0 Å². The fourth-order valence-electron chi connectivity index (χ4n) is 7.72. The first-order valence-corrected chi connectivity index (χ1v) is 18.7. The van der Waals surface area contributed by atoms with Crippen LogP contribution in [0.15, 0.2) is 207 Å². The molecule has 0 atom stereocenters. The van der Waals surface area contributed by atoms with E-state index in [1.165, 1.54) is 32.7 Å². The van der Waals surface area contributed by atoms with Gasteiger partial charge in [-0.1, -0.05) is 121 Å². The Bertz CT molecular complexity index is 2880. The van der Waals surface area contributed by atoms with E-state index in [1.54, 1.807) is 12.7 Å². The predicted molar refractivity (Wildman–Crippen MR) is 231 cm³/mol. The van der Waals surface area contributed by atoms with Gasteiger partial charge in [-0.05, 0) is 137 Å². The molecule has 0 spiro atoms. The molecule has 0 amide bonds. The van der Waals surface area contributed by atoms with E-state index < -0.39 is 0 Å². The molecular formula is C52H34N4. The van der Waals surface area contributed by atoms with E-state index in [9.17, 15) is 0 Å². The first kappa shape index (κ1) is 33.0. The van der Waals surface area contributed by atoms with E-state index in [0.29, 0.717) is 0 Å². The highest BCUT2D eigenvalue weighted by atomic mass is 14.8. The van der Waals surface area contributed by atoms with E-state index in [2.05, 4.69) is 190 Å². The van der Waals surface area contributed by atoms with Crippen LogP contribution in [0.2, 0.25) is 0 Å². The van der Waals surface area contributed by atoms with Crippen molar-refractivity contribution in [2.45, 2.75) is 0 Å². The van der Waals surface area contributed by atoms with Crippen LogP contribution in [-0.2, 0) is 0 Å². The number of hydrogen-bond acceptors (Lipinski definition) is 4. The maximum Gasteiger partial charge on any atom is 0.115 e. The molecule has 0 radical (unpaired) electrons. The summed E-state index contributed by atoms with van der Waals surface area (Å²) in [4.78, 5) is 17.0. The molecule has 2 heterocycles. The van der Waals surface area contributed by atoms with Gasteiger partial charge in [0.2, 0.25) is 0 Å². The highest BCUT2D eigenvalue weighted by Crippen LogP contribution is 2.38. The van der Waals surface area contributed by atoms with Crippen LogP contribution < -0.4 is 0 Å². The third-order valence-corrected chi connectivity index (χ3v) is 10.6. The Morgan fingerprint density at radius 3 is 0.982 bits per heavy atom. The van der Waals surface area contributed by atoms with E-state index in [-0.39, 0.29) is 0 Å². The second-order valence-electron chi connectivity index (χ2n) is 14.1. The fraction of sp³-hybridized carbons (Fsp3) is 0. The Kier molecular flexibility index (Phi) is 8.47. The summed E-state index contributed by atoms with van der Waals surface area (Å²) in [6.07, 6.45) is 10.6. The lowest BCUT2D eigenvalue weighted by atomic mass is 9.90. The summed E-state index contributed by atoms with van der Waals surface area (Å²) in [5, 5.41) is 4.99. The molecule has 8 aromatic carbocycles. The molecule has 0 aliphatic carbocycles. The highest BCUT2D eigenvalue weighted by molar-refractivity contribution is 6.08. The molecule has 56 heavy (non-hydrogen) atoms. The van der Waals surface area contributed by atoms with E-state index in [1.807, 2.05) is 24.8 Å². The summed E-state index contributed by atoms with van der Waals surface area (Å²) < 4.78 is 0. The number of aromatic nitrogens is 4. The number of hydrogen-bond donors (Lipinski definition) is 0. The van der Waals surface area contributed by atoms with Gasteiger partial charge in [-0.3, -0.25) is 0 Å². The molecular weight excluding hydrogens is 681 g/mol. The summed E-state index contributed by atoms with van der Waals surface area (Å²) >= 11 is 0. The Morgan fingerprint density at radius 2 is 0.536 bits per heavy atom. The molecule has 0 aliphatic heterocycles. The van der Waals surface area contributed by atoms with Crippen molar-refractivity contribution in [2.75, 3.05) is 0 Å². The third kappa shape index (κ3) is 6.50. The van der Waals surface area contributed by atoms with E-state index in [0.717, 1.165) is 66.8 Å². The van der Waals surface area contributed by atoms with Gasteiger partial charge in [-0.25, -0.2) is 19.9 Å². The van der Waals surface area contributed by atoms with Crippen LogP contribution >= 0.6 is 0 Å². The van der Waals surface area contributed by atoms with Crippen LogP contribution in [0.1, 0.15) is 0 Å². The standard InChI is InChI=1S/C52H34N4/c1-2-16-51-35(7-1)17-18-36-19-20-45(28-52(36)51)48-26-46(41-12-3-8-37(21-41)39-10-5-14-43(23-39)49-29-53-33-54-30-49)25-47(27-48)42-13-4-9-38(22-42)40-11-6-15-44(24-40)50-31-55-34-56-32-50/h1-34H. The first-order valence-electron chi connectivity index (χ1n) is 18.7. The second kappa shape index (κ2) is 14.3. The smallest absolute Gasteiger partial charge is 0.115 e. The van der Waals surface area contributed by atoms with Crippen LogP contribution in [-0.4, -0.2) is 19.9 Å². The predicted octanol–water partition coefficient (Wildman–Crippen LogP) is 13.2. The van der Waals surface area contributed by atoms with Gasteiger partial charge in [-0.15, -0.1) is 0 Å². The van der Waals surface area contributed by atoms with Crippen LogP contribution in [0.25, 0.3) is 99.4 Å². The summed E-state index contributed by atoms with van der Waals surface area (Å²) in [6, 6.07) is 61.8. The SMILES string of the molecule is c1cc(-c2cncnc2)cc(-c2cccc(-c3cc(-c4cccc(-c5cccc(-c6cncnc6)c5)c4)cc(-c4ccc5ccc6ccccc6c5c4)c3)c2)c1. The van der Waals surface area contributed by atoms with Gasteiger partial charge in [0.25, 0.3) is 0 Å². The summed E-state index contributed by atoms with van der Waals surface area (Å²) in [7, 11) is 0. The average Bonchev–Trinajstić information content (AvgIpc) is 3.29. The molecule has 0 fully saturated rings. The zero-order chi connectivity index (χ0) is 37.3. The average molecular weight is 715 g/mol. The molecule has 2 aromatic heterocycles. The van der Waals surface area contributed by atoms with Gasteiger partial charge in [0.05, 0.1) is 0 Å². The minimum absolute atomic E-state index is 0.994. The summed E-state index contributed by atoms with van der Waals surface area (Å²) in [5.41, 5.74) is 15.7. The van der Waals surface area contributed by atoms with Gasteiger partial charge in [0, 0.05) is 35.9 Å². The Morgan fingerprint density at radius 1 is 0.214 bits per heavy atom. The van der Waals surface area contributed by atoms with E-state index in [4.69, 9.17) is 0 Å². The molecule has 0 unspecified atom stereocenters. The maximum atomic E-state index is 4.24. The molecule has 4 nitrogen and oxygen atoms in total. The topological polar surface area (TPSA) is 51.6 Å². The quantitative estimate of drug-likeness (QED) is 0.154. The van der Waals surface area contributed by atoms with Crippen molar-refractivity contribution in [2.24, 2.45) is 0 Å². The van der Waals surface area contributed by atoms with Gasteiger partial charge in [-0.2, -0.15) is 0 Å². The second-order valence-corrected chi connectivity index (χ2v) is 14.1. The molecule has 0 bridgehead atoms.